The van der Waals surface area contributed by atoms with Gasteiger partial charge in [-0.05, 0) is 31.6 Å². The van der Waals surface area contributed by atoms with Crippen LogP contribution in [0.3, 0.4) is 0 Å². The van der Waals surface area contributed by atoms with Crippen LogP contribution in [-0.4, -0.2) is 18.2 Å². The van der Waals surface area contributed by atoms with Crippen LogP contribution in [-0.2, 0) is 9.59 Å². The number of hydrogen-bond donors (Lipinski definition) is 1. The van der Waals surface area contributed by atoms with E-state index in [2.05, 4.69) is 5.32 Å². The summed E-state index contributed by atoms with van der Waals surface area (Å²) >= 11 is 0. The number of amides is 1. The molecule has 0 radical (unpaired) electrons. The molecule has 2 unspecified atom stereocenters. The lowest BCUT2D eigenvalue weighted by atomic mass is 10.1. The van der Waals surface area contributed by atoms with E-state index in [0.29, 0.717) is 11.8 Å². The Hall–Kier alpha value is -0.860. The van der Waals surface area contributed by atoms with Crippen molar-refractivity contribution in [2.24, 2.45) is 17.8 Å². The standard InChI is InChI=1S/C10H15NO2/c1-6(12)5-11-10(13)9-7-3-2-4-8(7)9/h7-9H,2-5H2,1H3,(H,11,13). The molecule has 72 valence electrons. The van der Waals surface area contributed by atoms with E-state index < -0.39 is 0 Å². The van der Waals surface area contributed by atoms with Crippen molar-refractivity contribution in [2.45, 2.75) is 26.2 Å². The highest BCUT2D eigenvalue weighted by atomic mass is 16.2. The van der Waals surface area contributed by atoms with Crippen LogP contribution < -0.4 is 5.32 Å². The number of ketones is 1. The molecule has 2 saturated carbocycles. The Kier molecular flexibility index (Phi) is 2.10. The van der Waals surface area contributed by atoms with Gasteiger partial charge in [-0.2, -0.15) is 0 Å². The molecule has 0 aromatic rings. The van der Waals surface area contributed by atoms with Crippen LogP contribution in [0.5, 0.6) is 0 Å². The van der Waals surface area contributed by atoms with Crippen LogP contribution in [0.2, 0.25) is 0 Å². The molecule has 13 heavy (non-hydrogen) atoms. The van der Waals surface area contributed by atoms with E-state index in [1.807, 2.05) is 0 Å². The Morgan fingerprint density at radius 1 is 1.31 bits per heavy atom. The third-order valence-electron chi connectivity index (χ3n) is 3.22. The maximum absolute atomic E-state index is 11.5. The van der Waals surface area contributed by atoms with Gasteiger partial charge in [0, 0.05) is 5.92 Å². The minimum atomic E-state index is 0.0270. The second-order valence-electron chi connectivity index (χ2n) is 4.20. The fourth-order valence-electron chi connectivity index (χ4n) is 2.54. The number of fused-ring (bicyclic) bond motifs is 1. The van der Waals surface area contributed by atoms with Crippen molar-refractivity contribution in [1.29, 1.82) is 0 Å². The first-order valence-corrected chi connectivity index (χ1v) is 4.97. The molecule has 2 aliphatic rings. The summed E-state index contributed by atoms with van der Waals surface area (Å²) in [6.45, 7) is 1.70. The van der Waals surface area contributed by atoms with Crippen molar-refractivity contribution in [3.05, 3.63) is 0 Å². The molecule has 2 rings (SSSR count). The molecular weight excluding hydrogens is 166 g/mol. The predicted octanol–water partition coefficient (Wildman–Crippen LogP) is 0.738. The summed E-state index contributed by atoms with van der Waals surface area (Å²) in [5, 5.41) is 2.68. The average molecular weight is 181 g/mol. The van der Waals surface area contributed by atoms with E-state index in [-0.39, 0.29) is 24.2 Å². The van der Waals surface area contributed by atoms with Crippen LogP contribution in [0.1, 0.15) is 26.2 Å². The molecule has 0 aliphatic heterocycles. The lowest BCUT2D eigenvalue weighted by Crippen LogP contribution is -2.30. The minimum Gasteiger partial charge on any atom is -0.349 e. The quantitative estimate of drug-likeness (QED) is 0.698. The first-order valence-electron chi connectivity index (χ1n) is 4.97. The first kappa shape index (κ1) is 8.73. The number of carbonyl (C=O) groups excluding carboxylic acids is 2. The fourth-order valence-corrected chi connectivity index (χ4v) is 2.54. The summed E-state index contributed by atoms with van der Waals surface area (Å²) in [5.74, 6) is 1.66. The zero-order valence-electron chi connectivity index (χ0n) is 7.88. The van der Waals surface area contributed by atoms with Crippen LogP contribution in [0.15, 0.2) is 0 Å². The maximum Gasteiger partial charge on any atom is 0.224 e. The van der Waals surface area contributed by atoms with Gasteiger partial charge in [-0.25, -0.2) is 0 Å². The number of hydrogen-bond acceptors (Lipinski definition) is 2. The van der Waals surface area contributed by atoms with Gasteiger partial charge in [-0.3, -0.25) is 9.59 Å². The second-order valence-corrected chi connectivity index (χ2v) is 4.20. The van der Waals surface area contributed by atoms with E-state index in [0.717, 1.165) is 0 Å². The molecule has 3 nitrogen and oxygen atoms in total. The Morgan fingerprint density at radius 3 is 2.46 bits per heavy atom. The van der Waals surface area contributed by atoms with E-state index in [1.54, 1.807) is 0 Å². The van der Waals surface area contributed by atoms with Gasteiger partial charge in [-0.15, -0.1) is 0 Å². The molecule has 3 heteroatoms. The largest absolute Gasteiger partial charge is 0.349 e. The Bertz CT molecular complexity index is 239. The molecule has 0 aromatic heterocycles. The van der Waals surface area contributed by atoms with Gasteiger partial charge in [0.15, 0.2) is 0 Å². The summed E-state index contributed by atoms with van der Waals surface area (Å²) in [6, 6.07) is 0. The SMILES string of the molecule is CC(=O)CNC(=O)C1C2CCCC21. The zero-order chi connectivity index (χ0) is 9.42. The van der Waals surface area contributed by atoms with Crippen molar-refractivity contribution in [3.63, 3.8) is 0 Å². The van der Waals surface area contributed by atoms with Crippen LogP contribution >= 0.6 is 0 Å². The number of nitrogens with one attached hydrogen (secondary N) is 1. The van der Waals surface area contributed by atoms with Gasteiger partial charge >= 0.3 is 0 Å². The number of carbonyl (C=O) groups is 2. The molecule has 1 amide bonds. The fraction of sp³-hybridized carbons (Fsp3) is 0.800. The topological polar surface area (TPSA) is 46.2 Å². The highest BCUT2D eigenvalue weighted by molar-refractivity contribution is 5.87. The van der Waals surface area contributed by atoms with Gasteiger partial charge in [0.05, 0.1) is 6.54 Å². The molecule has 0 heterocycles. The van der Waals surface area contributed by atoms with Crippen molar-refractivity contribution >= 4 is 11.7 Å². The van der Waals surface area contributed by atoms with E-state index in [1.165, 1.54) is 26.2 Å². The number of Topliss-reactive ketones (excluding diaryl/α,β-unsaturated/α-hetero) is 1. The van der Waals surface area contributed by atoms with Crippen molar-refractivity contribution in [3.8, 4) is 0 Å². The Labute approximate surface area is 77.9 Å². The molecule has 2 aliphatic carbocycles. The first-order chi connectivity index (χ1) is 6.20. The number of rotatable bonds is 3. The summed E-state index contributed by atoms with van der Waals surface area (Å²) < 4.78 is 0. The molecule has 0 spiro atoms. The molecule has 0 bridgehead atoms. The highest BCUT2D eigenvalue weighted by Gasteiger charge is 2.56. The van der Waals surface area contributed by atoms with E-state index in [4.69, 9.17) is 0 Å². The van der Waals surface area contributed by atoms with Crippen molar-refractivity contribution < 1.29 is 9.59 Å². The van der Waals surface area contributed by atoms with Gasteiger partial charge in [0.1, 0.15) is 5.78 Å². The smallest absolute Gasteiger partial charge is 0.224 e. The second kappa shape index (κ2) is 3.13. The van der Waals surface area contributed by atoms with Crippen LogP contribution in [0.25, 0.3) is 0 Å². The summed E-state index contributed by atoms with van der Waals surface area (Å²) in [6.07, 6.45) is 3.71. The normalized spacial score (nSPS) is 35.3. The van der Waals surface area contributed by atoms with Crippen molar-refractivity contribution in [1.82, 2.24) is 5.32 Å². The van der Waals surface area contributed by atoms with E-state index >= 15 is 0 Å². The zero-order valence-corrected chi connectivity index (χ0v) is 7.88. The predicted molar refractivity (Wildman–Crippen MR) is 48.0 cm³/mol. The average Bonchev–Trinajstić information content (AvgIpc) is 2.56. The lowest BCUT2D eigenvalue weighted by molar-refractivity contribution is -0.125. The molecule has 0 saturated heterocycles. The van der Waals surface area contributed by atoms with E-state index in [9.17, 15) is 9.59 Å². The van der Waals surface area contributed by atoms with Gasteiger partial charge < -0.3 is 5.32 Å². The monoisotopic (exact) mass is 181 g/mol. The molecule has 2 fully saturated rings. The molecule has 1 N–H and O–H groups in total. The maximum atomic E-state index is 11.5. The molecule has 2 atom stereocenters. The Morgan fingerprint density at radius 2 is 1.92 bits per heavy atom. The lowest BCUT2D eigenvalue weighted by Gasteiger charge is -2.03. The van der Waals surface area contributed by atoms with Crippen molar-refractivity contribution in [2.75, 3.05) is 6.54 Å². The third-order valence-corrected chi connectivity index (χ3v) is 3.22. The molecule has 0 aromatic carbocycles. The summed E-state index contributed by atoms with van der Waals surface area (Å²) in [5.41, 5.74) is 0. The van der Waals surface area contributed by atoms with Crippen LogP contribution in [0.4, 0.5) is 0 Å². The summed E-state index contributed by atoms with van der Waals surface area (Å²) in [4.78, 5) is 22.1. The van der Waals surface area contributed by atoms with Gasteiger partial charge in [-0.1, -0.05) is 6.42 Å². The minimum absolute atomic E-state index is 0.0270. The Balaban J connectivity index is 1.77. The van der Waals surface area contributed by atoms with Crippen LogP contribution in [0, 0.1) is 17.8 Å². The highest BCUT2D eigenvalue weighted by Crippen LogP contribution is 2.57. The van der Waals surface area contributed by atoms with Gasteiger partial charge in [0.25, 0.3) is 0 Å². The van der Waals surface area contributed by atoms with Gasteiger partial charge in [0.2, 0.25) is 5.91 Å². The third kappa shape index (κ3) is 1.60. The summed E-state index contributed by atoms with van der Waals surface area (Å²) in [7, 11) is 0. The molecular formula is C10H15NO2.